The van der Waals surface area contributed by atoms with Crippen molar-refractivity contribution in [3.05, 3.63) is 53.8 Å². The SMILES string of the molecule is COc1cccc2c1C(=O)O[C@@H](C/C=C/NC(=O)OCC(Cl)(Cl)Cl)CCCC/C=C/C2. The van der Waals surface area contributed by atoms with Gasteiger partial charge in [0.1, 0.15) is 24.0 Å². The Bertz CT molecular complexity index is 805. The minimum absolute atomic E-state index is 0.344. The normalized spacial score (nSPS) is 18.8. The van der Waals surface area contributed by atoms with E-state index in [9.17, 15) is 9.59 Å². The molecule has 9 heteroatoms. The number of cyclic esters (lactones) is 1. The third-order valence-corrected chi connectivity index (χ3v) is 4.87. The predicted molar refractivity (Wildman–Crippen MR) is 122 cm³/mol. The third-order valence-electron chi connectivity index (χ3n) is 4.55. The van der Waals surface area contributed by atoms with Crippen LogP contribution in [0.25, 0.3) is 0 Å². The summed E-state index contributed by atoms with van der Waals surface area (Å²) in [6.45, 7) is -0.368. The number of halogens is 3. The van der Waals surface area contributed by atoms with Gasteiger partial charge in [-0.15, -0.1) is 0 Å². The van der Waals surface area contributed by atoms with Gasteiger partial charge in [-0.05, 0) is 43.7 Å². The second kappa shape index (κ2) is 12.8. The van der Waals surface area contributed by atoms with Crippen LogP contribution in [0.4, 0.5) is 4.79 Å². The van der Waals surface area contributed by atoms with Crippen LogP contribution < -0.4 is 10.1 Å². The summed E-state index contributed by atoms with van der Waals surface area (Å²) in [6, 6.07) is 5.51. The molecular weight excluding hydrogens is 465 g/mol. The number of nitrogens with one attached hydrogen (secondary N) is 1. The molecule has 1 aromatic carbocycles. The molecule has 1 aliphatic rings. The number of carbonyl (C=O) groups is 2. The molecule has 1 atom stereocenters. The summed E-state index contributed by atoms with van der Waals surface area (Å²) in [5, 5.41) is 2.42. The summed E-state index contributed by atoms with van der Waals surface area (Å²) in [5.74, 6) is 0.0653. The summed E-state index contributed by atoms with van der Waals surface area (Å²) < 4.78 is 14.3. The predicted octanol–water partition coefficient (Wildman–Crippen LogP) is 5.89. The molecule has 0 saturated carbocycles. The number of ether oxygens (including phenoxy) is 3. The van der Waals surface area contributed by atoms with Gasteiger partial charge in [0.25, 0.3) is 0 Å². The van der Waals surface area contributed by atoms with Gasteiger partial charge in [0.15, 0.2) is 0 Å². The maximum atomic E-state index is 13.0. The van der Waals surface area contributed by atoms with Gasteiger partial charge in [-0.2, -0.15) is 0 Å². The van der Waals surface area contributed by atoms with Crippen molar-refractivity contribution in [2.75, 3.05) is 13.7 Å². The largest absolute Gasteiger partial charge is 0.496 e. The number of amides is 1. The van der Waals surface area contributed by atoms with Gasteiger partial charge < -0.3 is 14.2 Å². The maximum Gasteiger partial charge on any atom is 0.411 e. The summed E-state index contributed by atoms with van der Waals surface area (Å²) in [5.41, 5.74) is 1.30. The smallest absolute Gasteiger partial charge is 0.411 e. The molecule has 1 heterocycles. The monoisotopic (exact) mass is 489 g/mol. The van der Waals surface area contributed by atoms with E-state index in [0.717, 1.165) is 24.8 Å². The first-order chi connectivity index (χ1) is 14.8. The summed E-state index contributed by atoms with van der Waals surface area (Å²) in [6.07, 6.45) is 10.9. The van der Waals surface area contributed by atoms with Crippen molar-refractivity contribution < 1.29 is 23.8 Å². The molecule has 0 spiro atoms. The van der Waals surface area contributed by atoms with Gasteiger partial charge >= 0.3 is 12.1 Å². The number of allylic oxidation sites excluding steroid dienone is 2. The quantitative estimate of drug-likeness (QED) is 0.316. The van der Waals surface area contributed by atoms with Crippen LogP contribution in [0.15, 0.2) is 42.6 Å². The van der Waals surface area contributed by atoms with Gasteiger partial charge in [-0.3, -0.25) is 5.32 Å². The number of alkyl halides is 3. The van der Waals surface area contributed by atoms with E-state index in [1.165, 1.54) is 13.3 Å². The lowest BCUT2D eigenvalue weighted by Crippen LogP contribution is -2.24. The van der Waals surface area contributed by atoms with E-state index >= 15 is 0 Å². The van der Waals surface area contributed by atoms with E-state index in [0.29, 0.717) is 30.6 Å². The molecule has 0 saturated heterocycles. The summed E-state index contributed by atoms with van der Waals surface area (Å²) in [7, 11) is 1.53. The number of carbonyl (C=O) groups excluding carboxylic acids is 2. The van der Waals surface area contributed by atoms with Gasteiger partial charge in [0.2, 0.25) is 3.79 Å². The van der Waals surface area contributed by atoms with E-state index in [1.54, 1.807) is 12.1 Å². The summed E-state index contributed by atoms with van der Waals surface area (Å²) in [4.78, 5) is 24.5. The molecule has 2 rings (SSSR count). The zero-order valence-electron chi connectivity index (χ0n) is 17.2. The Balaban J connectivity index is 2.03. The molecule has 0 bridgehead atoms. The lowest BCUT2D eigenvalue weighted by molar-refractivity contribution is 0.0278. The molecule has 1 aliphatic heterocycles. The maximum absolute atomic E-state index is 13.0. The molecule has 0 fully saturated rings. The number of alkyl carbamates (subject to hydrolysis) is 1. The lowest BCUT2D eigenvalue weighted by Gasteiger charge is -2.19. The van der Waals surface area contributed by atoms with Crippen LogP contribution in [-0.2, 0) is 15.9 Å². The number of fused-ring (bicyclic) bond motifs is 1. The molecule has 0 aliphatic carbocycles. The highest BCUT2D eigenvalue weighted by molar-refractivity contribution is 6.67. The average molecular weight is 491 g/mol. The Labute approximate surface area is 197 Å². The molecule has 31 heavy (non-hydrogen) atoms. The Morgan fingerprint density at radius 3 is 2.84 bits per heavy atom. The number of rotatable bonds is 5. The van der Waals surface area contributed by atoms with E-state index in [4.69, 9.17) is 49.0 Å². The highest BCUT2D eigenvalue weighted by atomic mass is 35.6. The van der Waals surface area contributed by atoms with Crippen LogP contribution in [0.5, 0.6) is 5.75 Å². The van der Waals surface area contributed by atoms with Gasteiger partial charge in [-0.1, -0.05) is 65.2 Å². The van der Waals surface area contributed by atoms with E-state index in [2.05, 4.69) is 17.5 Å². The third kappa shape index (κ3) is 9.42. The van der Waals surface area contributed by atoms with Crippen molar-refractivity contribution in [3.8, 4) is 5.75 Å². The zero-order valence-corrected chi connectivity index (χ0v) is 19.5. The zero-order chi connectivity index (χ0) is 22.7. The minimum Gasteiger partial charge on any atom is -0.496 e. The van der Waals surface area contributed by atoms with Crippen molar-refractivity contribution in [2.24, 2.45) is 0 Å². The van der Waals surface area contributed by atoms with Crippen LogP contribution in [0.3, 0.4) is 0 Å². The Morgan fingerprint density at radius 2 is 2.10 bits per heavy atom. The second-order valence-corrected chi connectivity index (χ2v) is 9.47. The molecule has 6 nitrogen and oxygen atoms in total. The number of hydrogen-bond acceptors (Lipinski definition) is 5. The van der Waals surface area contributed by atoms with Crippen molar-refractivity contribution >= 4 is 46.9 Å². The fourth-order valence-electron chi connectivity index (χ4n) is 3.08. The van der Waals surface area contributed by atoms with Gasteiger partial charge in [0.05, 0.1) is 7.11 Å². The van der Waals surface area contributed by atoms with Crippen LogP contribution in [0.2, 0.25) is 0 Å². The standard InChI is InChI=1S/C22H26Cl3NO5/c1-29-18-13-7-10-16-9-5-3-2-4-6-11-17(31-20(27)19(16)18)12-8-14-26-21(28)30-15-22(23,24)25/h3,5,7-8,10,13-14,17H,2,4,6,9,11-12,15H2,1H3,(H,26,28)/b5-3+,14-8+/t17-/m1/s1. The first kappa shape index (κ1) is 25.4. The minimum atomic E-state index is -1.67. The van der Waals surface area contributed by atoms with Crippen molar-refractivity contribution in [1.29, 1.82) is 0 Å². The molecule has 1 aromatic rings. The lowest BCUT2D eigenvalue weighted by atomic mass is 10.0. The molecule has 170 valence electrons. The topological polar surface area (TPSA) is 73.9 Å². The number of esters is 1. The molecular formula is C22H26Cl3NO5. The molecule has 0 radical (unpaired) electrons. The van der Waals surface area contributed by atoms with Crippen molar-refractivity contribution in [3.63, 3.8) is 0 Å². The van der Waals surface area contributed by atoms with Crippen molar-refractivity contribution in [2.45, 2.75) is 48.4 Å². The summed E-state index contributed by atoms with van der Waals surface area (Å²) >= 11 is 16.6. The van der Waals surface area contributed by atoms with E-state index in [1.807, 2.05) is 12.1 Å². The first-order valence-corrected chi connectivity index (χ1v) is 11.1. The Kier molecular flexibility index (Phi) is 10.5. The highest BCUT2D eigenvalue weighted by Gasteiger charge is 2.23. The van der Waals surface area contributed by atoms with E-state index in [-0.39, 0.29) is 12.7 Å². The fourth-order valence-corrected chi connectivity index (χ4v) is 3.25. The highest BCUT2D eigenvalue weighted by Crippen LogP contribution is 2.27. The molecule has 0 aromatic heterocycles. The van der Waals surface area contributed by atoms with Gasteiger partial charge in [-0.25, -0.2) is 9.59 Å². The average Bonchev–Trinajstić information content (AvgIpc) is 2.72. The molecule has 1 N–H and O–H groups in total. The molecule has 0 unspecified atom stereocenters. The second-order valence-electron chi connectivity index (χ2n) is 6.96. The number of methoxy groups -OCH3 is 1. The van der Waals surface area contributed by atoms with Crippen LogP contribution in [-0.4, -0.2) is 35.7 Å². The van der Waals surface area contributed by atoms with Gasteiger partial charge in [0, 0.05) is 12.6 Å². The number of hydrogen-bond donors (Lipinski definition) is 1. The van der Waals surface area contributed by atoms with Crippen LogP contribution in [0.1, 0.15) is 48.0 Å². The molecule has 1 amide bonds. The first-order valence-electron chi connectivity index (χ1n) is 9.97. The fraction of sp³-hybridized carbons (Fsp3) is 0.455. The van der Waals surface area contributed by atoms with E-state index < -0.39 is 15.9 Å². The van der Waals surface area contributed by atoms with Crippen molar-refractivity contribution in [1.82, 2.24) is 5.32 Å². The number of benzene rings is 1. The van der Waals surface area contributed by atoms with Crippen LogP contribution >= 0.6 is 34.8 Å². The van der Waals surface area contributed by atoms with Crippen LogP contribution in [0, 0.1) is 0 Å². The Hall–Kier alpha value is -1.89. The Morgan fingerprint density at radius 1 is 1.29 bits per heavy atom.